The maximum atomic E-state index is 9.38. The number of pyridine rings is 2. The van der Waals surface area contributed by atoms with Gasteiger partial charge in [-0.2, -0.15) is 5.26 Å². The molecule has 0 saturated carbocycles. The quantitative estimate of drug-likeness (QED) is 0.754. The number of benzene rings is 1. The normalized spacial score (nSPS) is 19.4. The zero-order valence-corrected chi connectivity index (χ0v) is 16.1. The fourth-order valence-corrected chi connectivity index (χ4v) is 3.73. The van der Waals surface area contributed by atoms with Gasteiger partial charge < -0.3 is 15.0 Å². The number of aromatic nitrogens is 2. The highest BCUT2D eigenvalue weighted by Crippen LogP contribution is 2.30. The van der Waals surface area contributed by atoms with Crippen molar-refractivity contribution in [1.82, 2.24) is 9.97 Å². The number of hydrogen-bond acceptors (Lipinski definition) is 6. The Hall–Kier alpha value is -3.17. The van der Waals surface area contributed by atoms with E-state index in [-0.39, 0.29) is 12.2 Å². The molecule has 1 aromatic carbocycles. The zero-order chi connectivity index (χ0) is 19.5. The van der Waals surface area contributed by atoms with E-state index in [0.29, 0.717) is 12.1 Å². The van der Waals surface area contributed by atoms with Crippen molar-refractivity contribution in [2.75, 3.05) is 29.9 Å². The Balaban J connectivity index is 1.55. The minimum absolute atomic E-state index is 0.0356. The molecule has 6 heteroatoms. The molecule has 2 atom stereocenters. The third-order valence-electron chi connectivity index (χ3n) is 4.96. The molecule has 4 rings (SSSR count). The predicted molar refractivity (Wildman–Crippen MR) is 110 cm³/mol. The van der Waals surface area contributed by atoms with Gasteiger partial charge in [0, 0.05) is 43.1 Å². The molecule has 0 spiro atoms. The molecule has 1 aliphatic heterocycles. The summed E-state index contributed by atoms with van der Waals surface area (Å²) < 4.78 is 6.15. The molecule has 1 fully saturated rings. The highest BCUT2D eigenvalue weighted by atomic mass is 16.5. The van der Waals surface area contributed by atoms with Gasteiger partial charge in [-0.15, -0.1) is 0 Å². The minimum atomic E-state index is 0.0356. The van der Waals surface area contributed by atoms with E-state index in [1.165, 1.54) is 5.56 Å². The molecule has 2 aromatic heterocycles. The van der Waals surface area contributed by atoms with Gasteiger partial charge in [-0.05, 0) is 55.8 Å². The number of rotatable bonds is 4. The monoisotopic (exact) mass is 373 g/mol. The first-order valence-corrected chi connectivity index (χ1v) is 9.49. The first-order chi connectivity index (χ1) is 13.6. The predicted octanol–water partition coefficient (Wildman–Crippen LogP) is 3.52. The smallest absolute Gasteiger partial charge is 0.126 e. The van der Waals surface area contributed by atoms with Crippen LogP contribution in [0.3, 0.4) is 0 Å². The third-order valence-corrected chi connectivity index (χ3v) is 4.96. The summed E-state index contributed by atoms with van der Waals surface area (Å²) in [5.41, 5.74) is 3.62. The minimum Gasteiger partial charge on any atom is -0.370 e. The summed E-state index contributed by atoms with van der Waals surface area (Å²) in [6.45, 7) is 6.39. The summed E-state index contributed by atoms with van der Waals surface area (Å²) in [6.07, 6.45) is 3.68. The second-order valence-electron chi connectivity index (χ2n) is 7.22. The van der Waals surface area contributed by atoms with Crippen LogP contribution in [0.4, 0.5) is 11.5 Å². The van der Waals surface area contributed by atoms with Crippen molar-refractivity contribution in [3.05, 3.63) is 59.9 Å². The van der Waals surface area contributed by atoms with Gasteiger partial charge in [0.2, 0.25) is 0 Å². The van der Waals surface area contributed by atoms with Gasteiger partial charge in [-0.1, -0.05) is 0 Å². The van der Waals surface area contributed by atoms with Crippen LogP contribution in [0.15, 0.2) is 48.8 Å². The molecule has 0 aliphatic carbocycles. The molecule has 3 aromatic rings. The van der Waals surface area contributed by atoms with Crippen molar-refractivity contribution in [1.29, 1.82) is 5.26 Å². The Morgan fingerprint density at radius 1 is 1.21 bits per heavy atom. The lowest BCUT2D eigenvalue weighted by atomic mass is 10.1. The van der Waals surface area contributed by atoms with Gasteiger partial charge in [0.1, 0.15) is 11.9 Å². The highest BCUT2D eigenvalue weighted by molar-refractivity contribution is 5.95. The summed E-state index contributed by atoms with van der Waals surface area (Å²) in [7, 11) is 0. The van der Waals surface area contributed by atoms with Crippen molar-refractivity contribution in [3.8, 4) is 6.07 Å². The molecule has 0 radical (unpaired) electrons. The van der Waals surface area contributed by atoms with E-state index in [1.54, 1.807) is 6.20 Å². The van der Waals surface area contributed by atoms with E-state index in [4.69, 9.17) is 4.74 Å². The standard InChI is InChI=1S/C22H23N5O/c1-15-7-9-24-21(10-15)26-12-18-14-27(13-16(2)28-18)20-6-5-17(11-23)22-19(20)4-3-8-25-22/h3-10,16,18H,12-14H2,1-2H3,(H,24,26)/t16-,18-/m1/s1. The Labute approximate surface area is 164 Å². The van der Waals surface area contributed by atoms with Crippen LogP contribution in [-0.2, 0) is 4.74 Å². The topological polar surface area (TPSA) is 74.1 Å². The Bertz CT molecular complexity index is 1030. The summed E-state index contributed by atoms with van der Waals surface area (Å²) in [6, 6.07) is 14.1. The van der Waals surface area contributed by atoms with Crippen LogP contribution in [-0.4, -0.2) is 41.8 Å². The van der Waals surface area contributed by atoms with Crippen LogP contribution in [0, 0.1) is 18.3 Å². The number of fused-ring (bicyclic) bond motifs is 1. The van der Waals surface area contributed by atoms with E-state index < -0.39 is 0 Å². The van der Waals surface area contributed by atoms with Gasteiger partial charge in [-0.3, -0.25) is 4.98 Å². The molecule has 28 heavy (non-hydrogen) atoms. The summed E-state index contributed by atoms with van der Waals surface area (Å²) in [4.78, 5) is 11.1. The lowest BCUT2D eigenvalue weighted by Crippen LogP contribution is -2.49. The van der Waals surface area contributed by atoms with Gasteiger partial charge in [0.05, 0.1) is 23.3 Å². The molecule has 6 nitrogen and oxygen atoms in total. The van der Waals surface area contributed by atoms with Gasteiger partial charge >= 0.3 is 0 Å². The molecule has 0 unspecified atom stereocenters. The van der Waals surface area contributed by atoms with E-state index in [2.05, 4.69) is 40.1 Å². The first kappa shape index (κ1) is 18.2. The lowest BCUT2D eigenvalue weighted by molar-refractivity contribution is -0.00823. The van der Waals surface area contributed by atoms with Crippen LogP contribution >= 0.6 is 0 Å². The number of morpholine rings is 1. The van der Waals surface area contributed by atoms with Crippen LogP contribution < -0.4 is 10.2 Å². The van der Waals surface area contributed by atoms with E-state index in [9.17, 15) is 5.26 Å². The summed E-state index contributed by atoms with van der Waals surface area (Å²) >= 11 is 0. The highest BCUT2D eigenvalue weighted by Gasteiger charge is 2.26. The number of aryl methyl sites for hydroxylation is 1. The van der Waals surface area contributed by atoms with Crippen molar-refractivity contribution >= 4 is 22.4 Å². The van der Waals surface area contributed by atoms with Gasteiger partial charge in [0.25, 0.3) is 0 Å². The maximum absolute atomic E-state index is 9.38. The number of ether oxygens (including phenoxy) is 1. The molecule has 1 saturated heterocycles. The summed E-state index contributed by atoms with van der Waals surface area (Å²) in [5, 5.41) is 13.8. The fourth-order valence-electron chi connectivity index (χ4n) is 3.73. The second kappa shape index (κ2) is 7.83. The maximum Gasteiger partial charge on any atom is 0.126 e. The van der Waals surface area contributed by atoms with Gasteiger partial charge in [-0.25, -0.2) is 4.98 Å². The van der Waals surface area contributed by atoms with Crippen LogP contribution in [0.1, 0.15) is 18.1 Å². The van der Waals surface area contributed by atoms with Crippen LogP contribution in [0.2, 0.25) is 0 Å². The molecule has 3 heterocycles. The van der Waals surface area contributed by atoms with Crippen molar-refractivity contribution in [3.63, 3.8) is 0 Å². The number of nitrogens with zero attached hydrogens (tertiary/aromatic N) is 4. The number of hydrogen-bond donors (Lipinski definition) is 1. The second-order valence-corrected chi connectivity index (χ2v) is 7.22. The largest absolute Gasteiger partial charge is 0.370 e. The molecule has 142 valence electrons. The number of nitriles is 1. The van der Waals surface area contributed by atoms with Crippen LogP contribution in [0.5, 0.6) is 0 Å². The molecule has 0 bridgehead atoms. The van der Waals surface area contributed by atoms with Crippen molar-refractivity contribution in [2.45, 2.75) is 26.1 Å². The van der Waals surface area contributed by atoms with E-state index in [1.807, 2.05) is 42.6 Å². The zero-order valence-electron chi connectivity index (χ0n) is 16.1. The average Bonchev–Trinajstić information content (AvgIpc) is 2.71. The average molecular weight is 373 g/mol. The van der Waals surface area contributed by atoms with Gasteiger partial charge in [0.15, 0.2) is 0 Å². The van der Waals surface area contributed by atoms with Crippen molar-refractivity contribution < 1.29 is 4.74 Å². The Morgan fingerprint density at radius 2 is 2.11 bits per heavy atom. The number of anilines is 2. The fraction of sp³-hybridized carbons (Fsp3) is 0.318. The van der Waals surface area contributed by atoms with Crippen molar-refractivity contribution in [2.24, 2.45) is 0 Å². The first-order valence-electron chi connectivity index (χ1n) is 9.49. The third kappa shape index (κ3) is 3.75. The lowest BCUT2D eigenvalue weighted by Gasteiger charge is -2.38. The molecule has 1 aliphatic rings. The molecule has 0 amide bonds. The molecular weight excluding hydrogens is 350 g/mol. The Kier molecular flexibility index (Phi) is 5.09. The van der Waals surface area contributed by atoms with E-state index in [0.717, 1.165) is 35.5 Å². The van der Waals surface area contributed by atoms with Crippen LogP contribution in [0.25, 0.3) is 10.9 Å². The summed E-state index contributed by atoms with van der Waals surface area (Å²) in [5.74, 6) is 0.862. The molecular formula is C22H23N5O. The molecule has 1 N–H and O–H groups in total. The SMILES string of the molecule is Cc1ccnc(NC[C@@H]2CN(c3ccc(C#N)c4ncccc34)C[C@@H](C)O2)c1. The Morgan fingerprint density at radius 3 is 2.93 bits per heavy atom. The van der Waals surface area contributed by atoms with E-state index >= 15 is 0 Å². The number of nitrogens with one attached hydrogen (secondary N) is 1.